The number of rotatable bonds is 7. The van der Waals surface area contributed by atoms with Crippen molar-refractivity contribution < 1.29 is 9.90 Å². The fraction of sp³-hybridized carbons (Fsp3) is 0.458. The lowest BCUT2D eigenvalue weighted by atomic mass is 10.0. The van der Waals surface area contributed by atoms with E-state index in [2.05, 4.69) is 4.98 Å². The normalized spacial score (nSPS) is 15.9. The number of nitrogens with zero attached hydrogens (tertiary/aromatic N) is 7. The van der Waals surface area contributed by atoms with E-state index in [0.717, 1.165) is 31.2 Å². The molecule has 4 rings (SSSR count). The van der Waals surface area contributed by atoms with E-state index < -0.39 is 6.09 Å². The standard InChI is InChI=1S/C24H29N7O3/c1-3-4-13-30(24(33)34)18-11-8-12-29(16-18)23-27-21-20(22(32)28(2)19(14-25)26-21)31(23)15-17-9-6-5-7-10-17/h5-7,9-10,18H,3-4,8,11-13,15-16H2,1-2H3,(H,33,34). The Bertz CT molecular complexity index is 1280. The van der Waals surface area contributed by atoms with Crippen LogP contribution in [0.25, 0.3) is 11.2 Å². The number of carboxylic acid groups (broad SMARTS) is 1. The Morgan fingerprint density at radius 1 is 1.29 bits per heavy atom. The van der Waals surface area contributed by atoms with E-state index >= 15 is 0 Å². The number of amides is 1. The Morgan fingerprint density at radius 2 is 2.06 bits per heavy atom. The number of anilines is 1. The molecule has 0 radical (unpaired) electrons. The van der Waals surface area contributed by atoms with Crippen molar-refractivity contribution >= 4 is 23.2 Å². The maximum Gasteiger partial charge on any atom is 0.407 e. The van der Waals surface area contributed by atoms with E-state index in [9.17, 15) is 20.0 Å². The number of hydrogen-bond acceptors (Lipinski definition) is 6. The molecule has 0 spiro atoms. The SMILES string of the molecule is CCCCN(C(=O)O)C1CCCN(c2nc3nc(C#N)n(C)c(=O)c3n2Cc2ccccc2)C1. The molecule has 0 saturated carbocycles. The molecule has 1 N–H and O–H groups in total. The van der Waals surface area contributed by atoms with Crippen molar-refractivity contribution in [3.63, 3.8) is 0 Å². The first-order valence-electron chi connectivity index (χ1n) is 11.6. The van der Waals surface area contributed by atoms with E-state index in [1.54, 1.807) is 0 Å². The van der Waals surface area contributed by atoms with Gasteiger partial charge in [0.05, 0.1) is 12.6 Å². The van der Waals surface area contributed by atoms with E-state index in [1.807, 2.05) is 52.8 Å². The molecule has 34 heavy (non-hydrogen) atoms. The number of hydrogen-bond donors (Lipinski definition) is 1. The summed E-state index contributed by atoms with van der Waals surface area (Å²) in [5.41, 5.74) is 1.23. The summed E-state index contributed by atoms with van der Waals surface area (Å²) >= 11 is 0. The van der Waals surface area contributed by atoms with Gasteiger partial charge >= 0.3 is 6.09 Å². The Hall–Kier alpha value is -3.87. The van der Waals surface area contributed by atoms with Crippen LogP contribution in [0, 0.1) is 11.3 Å². The molecule has 2 aromatic heterocycles. The van der Waals surface area contributed by atoms with Crippen LogP contribution in [0.1, 0.15) is 44.0 Å². The van der Waals surface area contributed by atoms with E-state index in [0.29, 0.717) is 37.6 Å². The van der Waals surface area contributed by atoms with E-state index in [4.69, 9.17) is 4.98 Å². The zero-order chi connectivity index (χ0) is 24.2. The molecule has 1 unspecified atom stereocenters. The van der Waals surface area contributed by atoms with Crippen molar-refractivity contribution in [1.82, 2.24) is 24.0 Å². The molecule has 3 aromatic rings. The molecule has 1 fully saturated rings. The lowest BCUT2D eigenvalue weighted by molar-refractivity contribution is 0.117. The second-order valence-corrected chi connectivity index (χ2v) is 8.64. The van der Waals surface area contributed by atoms with Gasteiger partial charge in [-0.15, -0.1) is 0 Å². The van der Waals surface area contributed by atoms with E-state index in [-0.39, 0.29) is 23.1 Å². The van der Waals surface area contributed by atoms with Crippen molar-refractivity contribution in [2.75, 3.05) is 24.5 Å². The number of nitriles is 1. The minimum Gasteiger partial charge on any atom is -0.465 e. The van der Waals surface area contributed by atoms with Gasteiger partial charge in [-0.3, -0.25) is 13.9 Å². The number of fused-ring (bicyclic) bond motifs is 1. The van der Waals surface area contributed by atoms with Gasteiger partial charge in [0.2, 0.25) is 11.8 Å². The predicted molar refractivity (Wildman–Crippen MR) is 128 cm³/mol. The maximum atomic E-state index is 13.2. The number of benzene rings is 1. The molecule has 1 atom stereocenters. The molecule has 10 nitrogen and oxygen atoms in total. The van der Waals surface area contributed by atoms with Gasteiger partial charge in [0.25, 0.3) is 5.56 Å². The first kappa shape index (κ1) is 23.3. The number of unbranched alkanes of at least 4 members (excludes halogenated alkanes) is 1. The van der Waals surface area contributed by atoms with Crippen LogP contribution in [0.3, 0.4) is 0 Å². The van der Waals surface area contributed by atoms with Gasteiger partial charge in [0, 0.05) is 26.7 Å². The van der Waals surface area contributed by atoms with Gasteiger partial charge in [0.1, 0.15) is 6.07 Å². The minimum absolute atomic E-state index is 0.00143. The minimum atomic E-state index is -0.910. The van der Waals surface area contributed by atoms with Crippen molar-refractivity contribution in [2.24, 2.45) is 7.05 Å². The fourth-order valence-corrected chi connectivity index (χ4v) is 4.56. The molecule has 1 amide bonds. The molecule has 3 heterocycles. The largest absolute Gasteiger partial charge is 0.465 e. The highest BCUT2D eigenvalue weighted by Gasteiger charge is 2.31. The Balaban J connectivity index is 1.78. The van der Waals surface area contributed by atoms with Crippen molar-refractivity contribution in [1.29, 1.82) is 5.26 Å². The van der Waals surface area contributed by atoms with Crippen LogP contribution >= 0.6 is 0 Å². The number of aromatic nitrogens is 4. The van der Waals surface area contributed by atoms with Crippen molar-refractivity contribution in [3.8, 4) is 6.07 Å². The number of imidazole rings is 1. The molecular weight excluding hydrogens is 434 g/mol. The molecule has 1 aliphatic heterocycles. The summed E-state index contributed by atoms with van der Waals surface area (Å²) in [6.07, 6.45) is 2.41. The average molecular weight is 464 g/mol. The van der Waals surface area contributed by atoms with Crippen LogP contribution in [0.4, 0.5) is 10.7 Å². The number of carbonyl (C=O) groups is 1. The summed E-state index contributed by atoms with van der Waals surface area (Å²) in [6.45, 7) is 4.14. The first-order chi connectivity index (χ1) is 16.4. The Morgan fingerprint density at radius 3 is 2.74 bits per heavy atom. The summed E-state index contributed by atoms with van der Waals surface area (Å²) in [7, 11) is 1.53. The van der Waals surface area contributed by atoms with Crippen molar-refractivity contribution in [3.05, 3.63) is 52.1 Å². The zero-order valence-electron chi connectivity index (χ0n) is 19.5. The highest BCUT2D eigenvalue weighted by Crippen LogP contribution is 2.26. The zero-order valence-corrected chi connectivity index (χ0v) is 19.5. The number of piperidine rings is 1. The smallest absolute Gasteiger partial charge is 0.407 e. The van der Waals surface area contributed by atoms with Crippen LogP contribution in [-0.4, -0.2) is 60.9 Å². The molecule has 1 aliphatic rings. The molecular formula is C24H29N7O3. The lowest BCUT2D eigenvalue weighted by Gasteiger charge is -2.38. The topological polar surface area (TPSA) is 120 Å². The molecule has 0 bridgehead atoms. The van der Waals surface area contributed by atoms with Gasteiger partial charge in [-0.2, -0.15) is 15.2 Å². The summed E-state index contributed by atoms with van der Waals surface area (Å²) < 4.78 is 3.09. The third-order valence-corrected chi connectivity index (χ3v) is 6.37. The van der Waals surface area contributed by atoms with Crippen LogP contribution in [-0.2, 0) is 13.6 Å². The molecule has 10 heteroatoms. The maximum absolute atomic E-state index is 13.2. The predicted octanol–water partition coefficient (Wildman–Crippen LogP) is 2.80. The molecule has 1 saturated heterocycles. The second-order valence-electron chi connectivity index (χ2n) is 8.64. The quantitative estimate of drug-likeness (QED) is 0.572. The highest BCUT2D eigenvalue weighted by molar-refractivity contribution is 5.75. The molecule has 0 aliphatic carbocycles. The first-order valence-corrected chi connectivity index (χ1v) is 11.6. The van der Waals surface area contributed by atoms with Crippen LogP contribution in [0.2, 0.25) is 0 Å². The summed E-state index contributed by atoms with van der Waals surface area (Å²) in [4.78, 5) is 37.8. The summed E-state index contributed by atoms with van der Waals surface area (Å²) in [6, 6.07) is 11.6. The Labute approximate surface area is 197 Å². The molecule has 1 aromatic carbocycles. The van der Waals surface area contributed by atoms with Gasteiger partial charge in [-0.05, 0) is 24.8 Å². The van der Waals surface area contributed by atoms with Gasteiger partial charge in [-0.1, -0.05) is 43.7 Å². The van der Waals surface area contributed by atoms with Crippen LogP contribution in [0.15, 0.2) is 35.1 Å². The van der Waals surface area contributed by atoms with Gasteiger partial charge in [-0.25, -0.2) is 4.79 Å². The lowest BCUT2D eigenvalue weighted by Crippen LogP contribution is -2.50. The third-order valence-electron chi connectivity index (χ3n) is 6.37. The monoisotopic (exact) mass is 463 g/mol. The van der Waals surface area contributed by atoms with E-state index in [1.165, 1.54) is 16.5 Å². The van der Waals surface area contributed by atoms with Crippen LogP contribution < -0.4 is 10.5 Å². The molecule has 178 valence electrons. The van der Waals surface area contributed by atoms with Gasteiger partial charge in [0.15, 0.2) is 11.2 Å². The van der Waals surface area contributed by atoms with Crippen LogP contribution in [0.5, 0.6) is 0 Å². The Kier molecular flexibility index (Phi) is 6.82. The fourth-order valence-electron chi connectivity index (χ4n) is 4.56. The summed E-state index contributed by atoms with van der Waals surface area (Å²) in [5, 5.41) is 19.2. The van der Waals surface area contributed by atoms with Crippen molar-refractivity contribution in [2.45, 2.75) is 45.2 Å². The second kappa shape index (κ2) is 9.95. The third kappa shape index (κ3) is 4.46. The summed E-state index contributed by atoms with van der Waals surface area (Å²) in [5.74, 6) is 0.575. The average Bonchev–Trinajstić information content (AvgIpc) is 3.20. The highest BCUT2D eigenvalue weighted by atomic mass is 16.4. The van der Waals surface area contributed by atoms with Gasteiger partial charge < -0.3 is 14.9 Å².